The molecule has 1 atom stereocenters. The second-order valence-electron chi connectivity index (χ2n) is 6.43. The number of carbonyl (C=O) groups is 3. The number of carbonyl (C=O) groups excluding carboxylic acids is 2. The lowest BCUT2D eigenvalue weighted by atomic mass is 10.1. The second kappa shape index (κ2) is 10.1. The molecule has 148 valence electrons. The molecule has 2 aromatic rings. The summed E-state index contributed by atoms with van der Waals surface area (Å²) in [5.41, 5.74) is 8.54. The van der Waals surface area contributed by atoms with Gasteiger partial charge in [0.1, 0.15) is 6.04 Å². The third kappa shape index (κ3) is 6.12. The van der Waals surface area contributed by atoms with Crippen LogP contribution in [0.4, 0.5) is 5.69 Å². The topological polar surface area (TPSA) is 122 Å². The summed E-state index contributed by atoms with van der Waals surface area (Å²) in [5, 5.41) is 15.0. The third-order valence-electron chi connectivity index (χ3n) is 4.35. The first kappa shape index (κ1) is 21.0. The second-order valence-corrected chi connectivity index (χ2v) is 6.43. The molecule has 1 unspecified atom stereocenters. The van der Waals surface area contributed by atoms with Crippen LogP contribution < -0.4 is 16.4 Å². The van der Waals surface area contributed by atoms with E-state index in [-0.39, 0.29) is 12.8 Å². The minimum Gasteiger partial charge on any atom is -0.480 e. The van der Waals surface area contributed by atoms with Crippen molar-refractivity contribution in [1.82, 2.24) is 5.32 Å². The van der Waals surface area contributed by atoms with Crippen LogP contribution in [0.2, 0.25) is 0 Å². The van der Waals surface area contributed by atoms with Crippen molar-refractivity contribution in [2.75, 3.05) is 5.32 Å². The molecule has 0 spiro atoms. The van der Waals surface area contributed by atoms with Crippen molar-refractivity contribution >= 4 is 23.5 Å². The minimum absolute atomic E-state index is 0.0501. The Hall–Kier alpha value is -3.35. The van der Waals surface area contributed by atoms with Crippen molar-refractivity contribution in [3.63, 3.8) is 0 Å². The third-order valence-corrected chi connectivity index (χ3v) is 4.35. The first-order valence-corrected chi connectivity index (χ1v) is 9.13. The van der Waals surface area contributed by atoms with Crippen molar-refractivity contribution in [3.05, 3.63) is 65.2 Å². The Balaban J connectivity index is 2.03. The van der Waals surface area contributed by atoms with Crippen molar-refractivity contribution in [2.45, 2.75) is 38.8 Å². The van der Waals surface area contributed by atoms with E-state index in [4.69, 9.17) is 5.73 Å². The average Bonchev–Trinajstić information content (AvgIpc) is 2.69. The molecule has 0 aliphatic heterocycles. The van der Waals surface area contributed by atoms with Gasteiger partial charge in [-0.1, -0.05) is 37.3 Å². The standard InChI is InChI=1S/C21H25N3O4/c1-2-15-7-3-4-9-17(15)23-13-14-6-5-8-16(12-14)20(26)24-18(21(27)28)10-11-19(22)25/h3-9,12,18,23H,2,10-11,13H2,1H3,(H2,22,25)(H,24,26)(H,27,28). The normalized spacial score (nSPS) is 11.5. The molecule has 5 N–H and O–H groups in total. The molecule has 0 saturated heterocycles. The number of primary amides is 1. The van der Waals surface area contributed by atoms with E-state index in [1.807, 2.05) is 24.3 Å². The molecular formula is C21H25N3O4. The van der Waals surface area contributed by atoms with Gasteiger partial charge in [0.2, 0.25) is 5.91 Å². The van der Waals surface area contributed by atoms with Gasteiger partial charge in [0, 0.05) is 24.2 Å². The van der Waals surface area contributed by atoms with Gasteiger partial charge in [-0.2, -0.15) is 0 Å². The molecule has 0 radical (unpaired) electrons. The number of carboxylic acid groups (broad SMARTS) is 1. The highest BCUT2D eigenvalue weighted by Crippen LogP contribution is 2.17. The maximum atomic E-state index is 12.4. The highest BCUT2D eigenvalue weighted by molar-refractivity contribution is 5.96. The summed E-state index contributed by atoms with van der Waals surface area (Å²) < 4.78 is 0. The van der Waals surface area contributed by atoms with Gasteiger partial charge in [-0.25, -0.2) is 4.79 Å². The molecule has 0 bridgehead atoms. The first-order chi connectivity index (χ1) is 13.4. The van der Waals surface area contributed by atoms with Gasteiger partial charge in [0.15, 0.2) is 0 Å². The van der Waals surface area contributed by atoms with E-state index >= 15 is 0 Å². The van der Waals surface area contributed by atoms with Gasteiger partial charge in [0.05, 0.1) is 0 Å². The molecule has 0 saturated carbocycles. The van der Waals surface area contributed by atoms with Gasteiger partial charge in [0.25, 0.3) is 5.91 Å². The molecule has 7 heteroatoms. The molecule has 0 aromatic heterocycles. The Bertz CT molecular complexity index is 851. The van der Waals surface area contributed by atoms with Gasteiger partial charge >= 0.3 is 5.97 Å². The van der Waals surface area contributed by atoms with Crippen LogP contribution in [0.15, 0.2) is 48.5 Å². The van der Waals surface area contributed by atoms with Crippen LogP contribution in [0.1, 0.15) is 41.3 Å². The highest BCUT2D eigenvalue weighted by Gasteiger charge is 2.21. The van der Waals surface area contributed by atoms with Crippen LogP contribution in [0.25, 0.3) is 0 Å². The van der Waals surface area contributed by atoms with E-state index in [1.165, 1.54) is 5.56 Å². The summed E-state index contributed by atoms with van der Waals surface area (Å²) in [6.07, 6.45) is 0.747. The van der Waals surface area contributed by atoms with E-state index in [2.05, 4.69) is 23.6 Å². The van der Waals surface area contributed by atoms with Crippen LogP contribution in [0.3, 0.4) is 0 Å². The van der Waals surface area contributed by atoms with Gasteiger partial charge in [-0.05, 0) is 42.2 Å². The number of para-hydroxylation sites is 1. The summed E-state index contributed by atoms with van der Waals surface area (Å²) in [7, 11) is 0. The smallest absolute Gasteiger partial charge is 0.326 e. The molecule has 0 heterocycles. The first-order valence-electron chi connectivity index (χ1n) is 9.13. The summed E-state index contributed by atoms with van der Waals surface area (Å²) in [6, 6.07) is 13.8. The van der Waals surface area contributed by atoms with Crippen molar-refractivity contribution in [1.29, 1.82) is 0 Å². The molecular weight excluding hydrogens is 358 g/mol. The van der Waals surface area contributed by atoms with Crippen molar-refractivity contribution < 1.29 is 19.5 Å². The number of amides is 2. The molecule has 2 aromatic carbocycles. The quantitative estimate of drug-likeness (QED) is 0.502. The summed E-state index contributed by atoms with van der Waals surface area (Å²) in [4.78, 5) is 34.6. The average molecular weight is 383 g/mol. The van der Waals surface area contributed by atoms with Crippen LogP contribution in [-0.2, 0) is 22.6 Å². The number of carboxylic acids is 1. The lowest BCUT2D eigenvalue weighted by Crippen LogP contribution is -2.41. The monoisotopic (exact) mass is 383 g/mol. The zero-order valence-corrected chi connectivity index (χ0v) is 15.8. The van der Waals surface area contributed by atoms with Gasteiger partial charge < -0.3 is 21.5 Å². The number of nitrogens with one attached hydrogen (secondary N) is 2. The van der Waals surface area contributed by atoms with Crippen molar-refractivity contribution in [2.24, 2.45) is 5.73 Å². The van der Waals surface area contributed by atoms with E-state index in [0.29, 0.717) is 12.1 Å². The number of aryl methyl sites for hydroxylation is 1. The molecule has 2 rings (SSSR count). The Morgan fingerprint density at radius 2 is 1.86 bits per heavy atom. The van der Waals surface area contributed by atoms with E-state index in [9.17, 15) is 19.5 Å². The predicted octanol–water partition coefficient (Wildman–Crippen LogP) is 2.31. The SMILES string of the molecule is CCc1ccccc1NCc1cccc(C(=O)NC(CCC(N)=O)C(=O)O)c1. The summed E-state index contributed by atoms with van der Waals surface area (Å²) in [5.74, 6) is -2.32. The Kier molecular flexibility index (Phi) is 7.56. The number of hydrogen-bond acceptors (Lipinski definition) is 4. The Morgan fingerprint density at radius 3 is 2.54 bits per heavy atom. The fourth-order valence-electron chi connectivity index (χ4n) is 2.81. The molecule has 0 aliphatic carbocycles. The van der Waals surface area contributed by atoms with Gasteiger partial charge in [-0.3, -0.25) is 9.59 Å². The maximum absolute atomic E-state index is 12.4. The largest absolute Gasteiger partial charge is 0.480 e. The summed E-state index contributed by atoms with van der Waals surface area (Å²) in [6.45, 7) is 2.62. The van der Waals surface area contributed by atoms with E-state index in [0.717, 1.165) is 17.7 Å². The van der Waals surface area contributed by atoms with Crippen LogP contribution in [0, 0.1) is 0 Å². The molecule has 2 amide bonds. The van der Waals surface area contributed by atoms with E-state index in [1.54, 1.807) is 18.2 Å². The van der Waals surface area contributed by atoms with Crippen molar-refractivity contribution in [3.8, 4) is 0 Å². The fraction of sp³-hybridized carbons (Fsp3) is 0.286. The van der Waals surface area contributed by atoms with Crippen LogP contribution in [0.5, 0.6) is 0 Å². The zero-order chi connectivity index (χ0) is 20.5. The number of aliphatic carboxylic acids is 1. The van der Waals surface area contributed by atoms with Crippen LogP contribution >= 0.6 is 0 Å². The number of nitrogens with two attached hydrogens (primary N) is 1. The zero-order valence-electron chi connectivity index (χ0n) is 15.8. The molecule has 7 nitrogen and oxygen atoms in total. The lowest BCUT2D eigenvalue weighted by molar-refractivity contribution is -0.139. The molecule has 0 aliphatic rings. The Morgan fingerprint density at radius 1 is 1.11 bits per heavy atom. The summed E-state index contributed by atoms with van der Waals surface area (Å²) >= 11 is 0. The molecule has 0 fully saturated rings. The fourth-order valence-corrected chi connectivity index (χ4v) is 2.81. The number of rotatable bonds is 10. The number of hydrogen-bond donors (Lipinski definition) is 4. The van der Waals surface area contributed by atoms with E-state index < -0.39 is 23.8 Å². The minimum atomic E-state index is -1.21. The number of anilines is 1. The predicted molar refractivity (Wildman–Crippen MR) is 107 cm³/mol. The Labute approximate surface area is 163 Å². The lowest BCUT2D eigenvalue weighted by Gasteiger charge is -2.15. The molecule has 28 heavy (non-hydrogen) atoms. The maximum Gasteiger partial charge on any atom is 0.326 e. The van der Waals surface area contributed by atoms with Crippen LogP contribution in [-0.4, -0.2) is 28.9 Å². The van der Waals surface area contributed by atoms with Gasteiger partial charge in [-0.15, -0.1) is 0 Å². The number of benzene rings is 2. The highest BCUT2D eigenvalue weighted by atomic mass is 16.4.